The van der Waals surface area contributed by atoms with Crippen LogP contribution in [0, 0.1) is 17.3 Å². The summed E-state index contributed by atoms with van der Waals surface area (Å²) in [6, 6.07) is 0. The second-order valence-electron chi connectivity index (χ2n) is 6.19. The van der Waals surface area contributed by atoms with Crippen LogP contribution in [0.15, 0.2) is 0 Å². The van der Waals surface area contributed by atoms with Crippen molar-refractivity contribution in [1.29, 1.82) is 0 Å². The third-order valence-corrected chi connectivity index (χ3v) is 3.54. The lowest BCUT2D eigenvalue weighted by molar-refractivity contribution is 0.0701. The molecule has 18 heavy (non-hydrogen) atoms. The van der Waals surface area contributed by atoms with Crippen molar-refractivity contribution < 1.29 is 9.90 Å². The van der Waals surface area contributed by atoms with Gasteiger partial charge in [0.1, 0.15) is 5.54 Å². The first-order chi connectivity index (χ1) is 8.21. The monoisotopic (exact) mass is 252 g/mol. The summed E-state index contributed by atoms with van der Waals surface area (Å²) < 4.78 is 0. The van der Waals surface area contributed by atoms with Crippen LogP contribution < -0.4 is 0 Å². The minimum absolute atomic E-state index is 0.179. The van der Waals surface area contributed by atoms with E-state index < -0.39 is 11.6 Å². The highest BCUT2D eigenvalue weighted by Crippen LogP contribution is 2.43. The predicted molar refractivity (Wildman–Crippen MR) is 72.5 cm³/mol. The van der Waals surface area contributed by atoms with Crippen LogP contribution in [0.1, 0.15) is 33.6 Å². The summed E-state index contributed by atoms with van der Waals surface area (Å²) in [4.78, 5) is 14.9. The van der Waals surface area contributed by atoms with Crippen molar-refractivity contribution in [3.8, 4) is 11.8 Å². The van der Waals surface area contributed by atoms with Gasteiger partial charge in [-0.05, 0) is 32.4 Å². The quantitative estimate of drug-likeness (QED) is 0.727. The van der Waals surface area contributed by atoms with Crippen LogP contribution in [0.2, 0.25) is 0 Å². The Balaban J connectivity index is 3.10. The third-order valence-electron chi connectivity index (χ3n) is 3.54. The third kappa shape index (κ3) is 2.78. The highest BCUT2D eigenvalue weighted by atomic mass is 16.4. The number of hydrogen-bond acceptors (Lipinski definition) is 2. The first kappa shape index (κ1) is 14.8. The lowest BCUT2D eigenvalue weighted by atomic mass is 9.72. The molecule has 4 heteroatoms. The van der Waals surface area contributed by atoms with Gasteiger partial charge in [0.05, 0.1) is 6.54 Å². The second-order valence-corrected chi connectivity index (χ2v) is 6.19. The lowest BCUT2D eigenvalue weighted by Gasteiger charge is -2.43. The van der Waals surface area contributed by atoms with Crippen molar-refractivity contribution >= 4 is 6.09 Å². The standard InChI is InChI=1S/C14H24N2O2/c1-13(2,3)14(8-6-10-15(4)5)9-7-11-16(14)12(17)18/h7,9-11H2,1-5H3,(H,17,18). The van der Waals surface area contributed by atoms with Crippen LogP contribution >= 0.6 is 0 Å². The van der Waals surface area contributed by atoms with Crippen molar-refractivity contribution in [1.82, 2.24) is 9.80 Å². The summed E-state index contributed by atoms with van der Waals surface area (Å²) in [5.74, 6) is 6.38. The molecule has 1 unspecified atom stereocenters. The molecule has 0 bridgehead atoms. The van der Waals surface area contributed by atoms with Crippen molar-refractivity contribution in [3.63, 3.8) is 0 Å². The molecule has 1 N–H and O–H groups in total. The van der Waals surface area contributed by atoms with Gasteiger partial charge >= 0.3 is 6.09 Å². The first-order valence-electron chi connectivity index (χ1n) is 6.36. The zero-order valence-electron chi connectivity index (χ0n) is 12.1. The zero-order chi connectivity index (χ0) is 14.0. The molecule has 1 aliphatic rings. The average molecular weight is 252 g/mol. The van der Waals surface area contributed by atoms with E-state index in [0.29, 0.717) is 13.1 Å². The summed E-state index contributed by atoms with van der Waals surface area (Å²) in [5, 5.41) is 9.37. The van der Waals surface area contributed by atoms with E-state index in [9.17, 15) is 9.90 Å². The molecule has 0 saturated carbocycles. The highest BCUT2D eigenvalue weighted by Gasteiger charge is 2.50. The predicted octanol–water partition coefficient (Wildman–Crippen LogP) is 2.11. The Labute approximate surface area is 110 Å². The zero-order valence-corrected chi connectivity index (χ0v) is 12.1. The molecule has 0 radical (unpaired) electrons. The van der Waals surface area contributed by atoms with Crippen molar-refractivity contribution in [3.05, 3.63) is 0 Å². The van der Waals surface area contributed by atoms with E-state index in [4.69, 9.17) is 0 Å². The Hall–Kier alpha value is -1.21. The van der Waals surface area contributed by atoms with E-state index in [-0.39, 0.29) is 5.41 Å². The Bertz CT molecular complexity index is 373. The van der Waals surface area contributed by atoms with Crippen molar-refractivity contribution in [2.24, 2.45) is 5.41 Å². The Morgan fingerprint density at radius 1 is 1.44 bits per heavy atom. The largest absolute Gasteiger partial charge is 0.465 e. The van der Waals surface area contributed by atoms with Gasteiger partial charge in [-0.1, -0.05) is 32.6 Å². The molecule has 1 amide bonds. The van der Waals surface area contributed by atoms with E-state index in [2.05, 4.69) is 32.6 Å². The molecule has 0 aromatic carbocycles. The van der Waals surface area contributed by atoms with Gasteiger partial charge in [0.25, 0.3) is 0 Å². The SMILES string of the molecule is CN(C)CC#CC1(C(C)(C)C)CCCN1C(=O)O. The Morgan fingerprint density at radius 2 is 2.06 bits per heavy atom. The molecule has 1 saturated heterocycles. The van der Waals surface area contributed by atoms with Crippen LogP contribution in [0.4, 0.5) is 4.79 Å². The maximum atomic E-state index is 11.4. The van der Waals surface area contributed by atoms with Gasteiger partial charge in [-0.3, -0.25) is 9.80 Å². The highest BCUT2D eigenvalue weighted by molar-refractivity contribution is 5.68. The molecule has 0 aromatic rings. The average Bonchev–Trinajstić information content (AvgIpc) is 2.61. The summed E-state index contributed by atoms with van der Waals surface area (Å²) in [6.07, 6.45) is 0.852. The van der Waals surface area contributed by atoms with Crippen LogP contribution in [0.25, 0.3) is 0 Å². The fourth-order valence-electron chi connectivity index (χ4n) is 2.52. The molecular weight excluding hydrogens is 228 g/mol. The molecule has 0 aliphatic carbocycles. The number of carboxylic acid groups (broad SMARTS) is 1. The molecule has 4 nitrogen and oxygen atoms in total. The van der Waals surface area contributed by atoms with E-state index in [1.807, 2.05) is 19.0 Å². The fraction of sp³-hybridized carbons (Fsp3) is 0.786. The minimum Gasteiger partial charge on any atom is -0.465 e. The molecule has 0 spiro atoms. The summed E-state index contributed by atoms with van der Waals surface area (Å²) in [6.45, 7) is 7.45. The minimum atomic E-state index is -0.860. The van der Waals surface area contributed by atoms with E-state index in [0.717, 1.165) is 12.8 Å². The van der Waals surface area contributed by atoms with Crippen LogP contribution in [0.3, 0.4) is 0 Å². The molecule has 1 aliphatic heterocycles. The molecule has 1 atom stereocenters. The molecule has 102 valence electrons. The van der Waals surface area contributed by atoms with Gasteiger partial charge in [-0.2, -0.15) is 0 Å². The molecule has 1 rings (SSSR count). The number of rotatable bonds is 1. The Morgan fingerprint density at radius 3 is 2.50 bits per heavy atom. The van der Waals surface area contributed by atoms with Gasteiger partial charge in [0.15, 0.2) is 0 Å². The van der Waals surface area contributed by atoms with Gasteiger partial charge in [-0.15, -0.1) is 0 Å². The maximum absolute atomic E-state index is 11.4. The molecule has 1 fully saturated rings. The smallest absolute Gasteiger partial charge is 0.408 e. The number of carbonyl (C=O) groups is 1. The van der Waals surface area contributed by atoms with E-state index in [1.165, 1.54) is 4.90 Å². The van der Waals surface area contributed by atoms with Crippen molar-refractivity contribution in [2.45, 2.75) is 39.2 Å². The van der Waals surface area contributed by atoms with Crippen LogP contribution in [0.5, 0.6) is 0 Å². The maximum Gasteiger partial charge on any atom is 0.408 e. The number of hydrogen-bond donors (Lipinski definition) is 1. The second kappa shape index (κ2) is 5.19. The van der Waals surface area contributed by atoms with E-state index in [1.54, 1.807) is 0 Å². The number of likely N-dealkylation sites (tertiary alicyclic amines) is 1. The summed E-state index contributed by atoms with van der Waals surface area (Å²) in [7, 11) is 3.92. The van der Waals surface area contributed by atoms with Gasteiger partial charge in [-0.25, -0.2) is 4.79 Å². The number of nitrogens with zero attached hydrogens (tertiary/aromatic N) is 2. The topological polar surface area (TPSA) is 43.8 Å². The summed E-state index contributed by atoms with van der Waals surface area (Å²) in [5.41, 5.74) is -0.726. The van der Waals surface area contributed by atoms with Gasteiger partial charge in [0, 0.05) is 6.54 Å². The Kier molecular flexibility index (Phi) is 4.28. The lowest BCUT2D eigenvalue weighted by Crippen LogP contribution is -2.54. The van der Waals surface area contributed by atoms with Crippen LogP contribution in [-0.2, 0) is 0 Å². The van der Waals surface area contributed by atoms with Crippen molar-refractivity contribution in [2.75, 3.05) is 27.2 Å². The normalized spacial score (nSPS) is 24.0. The summed E-state index contributed by atoms with van der Waals surface area (Å²) >= 11 is 0. The first-order valence-corrected chi connectivity index (χ1v) is 6.36. The fourth-order valence-corrected chi connectivity index (χ4v) is 2.52. The number of amides is 1. The van der Waals surface area contributed by atoms with Crippen LogP contribution in [-0.4, -0.2) is 53.7 Å². The molecular formula is C14H24N2O2. The van der Waals surface area contributed by atoms with Gasteiger partial charge < -0.3 is 5.11 Å². The molecule has 1 heterocycles. The molecule has 0 aromatic heterocycles. The van der Waals surface area contributed by atoms with Gasteiger partial charge in [0.2, 0.25) is 0 Å². The van der Waals surface area contributed by atoms with E-state index >= 15 is 0 Å².